The summed E-state index contributed by atoms with van der Waals surface area (Å²) in [7, 11) is 0. The molecule has 0 unspecified atom stereocenters. The van der Waals surface area contributed by atoms with E-state index >= 15 is 0 Å². The van der Waals surface area contributed by atoms with Gasteiger partial charge in [0.25, 0.3) is 5.70 Å². The Hall–Kier alpha value is -2.84. The van der Waals surface area contributed by atoms with Crippen LogP contribution in [0.15, 0.2) is 48.2 Å². The molecule has 0 saturated heterocycles. The van der Waals surface area contributed by atoms with Crippen LogP contribution in [0.25, 0.3) is 21.5 Å². The highest BCUT2D eigenvalue weighted by Crippen LogP contribution is 2.46. The lowest BCUT2D eigenvalue weighted by Gasteiger charge is -2.04. The van der Waals surface area contributed by atoms with Crippen molar-refractivity contribution >= 4 is 5.57 Å². The van der Waals surface area contributed by atoms with Gasteiger partial charge in [0.1, 0.15) is 0 Å². The molecule has 0 aliphatic heterocycles. The van der Waals surface area contributed by atoms with Crippen LogP contribution >= 0.6 is 0 Å². The van der Waals surface area contributed by atoms with Gasteiger partial charge in [-0.1, -0.05) is 42.5 Å². The molecule has 0 N–H and O–H groups in total. The number of hydrogen-bond donors (Lipinski definition) is 0. The number of aryl methyl sites for hydroxylation is 1. The Bertz CT molecular complexity index is 783. The standard InChI is InChI=1S/C17H10N2/c1-11-6-5-9-14-16(11)12-7-3-4-8-13(12)17(14)15(10-18)19-2/h3-9H,1H3/b17-15+. The number of allylic oxidation sites excluding steroid dienone is 1. The van der Waals surface area contributed by atoms with Crippen LogP contribution in [0.4, 0.5) is 0 Å². The number of fused-ring (bicyclic) bond motifs is 3. The predicted octanol–water partition coefficient (Wildman–Crippen LogP) is 4.18. The van der Waals surface area contributed by atoms with Crippen LogP contribution in [-0.2, 0) is 0 Å². The molecule has 2 aromatic carbocycles. The summed E-state index contributed by atoms with van der Waals surface area (Å²) in [6.07, 6.45) is 0. The van der Waals surface area contributed by atoms with Gasteiger partial charge >= 0.3 is 0 Å². The highest BCUT2D eigenvalue weighted by molar-refractivity contribution is 6.04. The minimum atomic E-state index is 0.164. The third-order valence-electron chi connectivity index (χ3n) is 3.46. The molecule has 1 aliphatic rings. The van der Waals surface area contributed by atoms with E-state index in [9.17, 15) is 5.26 Å². The van der Waals surface area contributed by atoms with Crippen molar-refractivity contribution in [2.45, 2.75) is 6.92 Å². The van der Waals surface area contributed by atoms with Crippen molar-refractivity contribution in [3.05, 3.63) is 76.3 Å². The van der Waals surface area contributed by atoms with Crippen molar-refractivity contribution < 1.29 is 0 Å². The molecule has 2 aromatic rings. The van der Waals surface area contributed by atoms with E-state index in [1.807, 2.05) is 42.5 Å². The molecule has 0 aromatic heterocycles. The number of hydrogen-bond acceptors (Lipinski definition) is 1. The first-order valence-electron chi connectivity index (χ1n) is 5.99. The van der Waals surface area contributed by atoms with Gasteiger partial charge in [-0.05, 0) is 34.7 Å². The minimum absolute atomic E-state index is 0.164. The molecule has 0 heterocycles. The van der Waals surface area contributed by atoms with E-state index in [-0.39, 0.29) is 5.70 Å². The lowest BCUT2D eigenvalue weighted by Crippen LogP contribution is -1.86. The van der Waals surface area contributed by atoms with Crippen molar-refractivity contribution in [3.63, 3.8) is 0 Å². The van der Waals surface area contributed by atoms with Gasteiger partial charge in [-0.2, -0.15) is 0 Å². The Kier molecular flexibility index (Phi) is 2.44. The molecular formula is C17H10N2. The normalized spacial score (nSPS) is 14.1. The maximum absolute atomic E-state index is 9.19. The van der Waals surface area contributed by atoms with Crippen molar-refractivity contribution in [1.29, 1.82) is 5.26 Å². The second-order valence-corrected chi connectivity index (χ2v) is 4.49. The molecule has 1 aliphatic carbocycles. The SMILES string of the molecule is [C-]#[N+]/C(C#N)=C1\c2ccccc2-c2c(C)cccc21. The molecule has 2 nitrogen and oxygen atoms in total. The first-order valence-corrected chi connectivity index (χ1v) is 5.99. The largest absolute Gasteiger partial charge is 0.270 e. The van der Waals surface area contributed by atoms with E-state index in [1.54, 1.807) is 0 Å². The van der Waals surface area contributed by atoms with Crippen LogP contribution < -0.4 is 0 Å². The Morgan fingerprint density at radius 2 is 1.74 bits per heavy atom. The predicted molar refractivity (Wildman–Crippen MR) is 74.9 cm³/mol. The molecule has 19 heavy (non-hydrogen) atoms. The molecule has 0 saturated carbocycles. The topological polar surface area (TPSA) is 28.1 Å². The average Bonchev–Trinajstić information content (AvgIpc) is 2.77. The van der Waals surface area contributed by atoms with Gasteiger partial charge in [0.2, 0.25) is 0 Å². The zero-order valence-electron chi connectivity index (χ0n) is 10.4. The lowest BCUT2D eigenvalue weighted by atomic mass is 10.00. The van der Waals surface area contributed by atoms with E-state index < -0.39 is 0 Å². The summed E-state index contributed by atoms with van der Waals surface area (Å²) in [5, 5.41) is 9.19. The molecule has 0 atom stereocenters. The van der Waals surface area contributed by atoms with Crippen LogP contribution in [-0.4, -0.2) is 0 Å². The highest BCUT2D eigenvalue weighted by atomic mass is 14.7. The number of nitrogens with zero attached hydrogens (tertiary/aromatic N) is 2. The maximum Gasteiger partial charge on any atom is 0.270 e. The van der Waals surface area contributed by atoms with Crippen molar-refractivity contribution in [3.8, 4) is 17.2 Å². The van der Waals surface area contributed by atoms with E-state index in [1.165, 1.54) is 5.56 Å². The smallest absolute Gasteiger partial charge is 0.226 e. The summed E-state index contributed by atoms with van der Waals surface area (Å²) in [6.45, 7) is 9.26. The van der Waals surface area contributed by atoms with Crippen molar-refractivity contribution in [2.75, 3.05) is 0 Å². The molecular weight excluding hydrogens is 232 g/mol. The van der Waals surface area contributed by atoms with E-state index in [0.717, 1.165) is 27.8 Å². The van der Waals surface area contributed by atoms with Crippen LogP contribution in [0.5, 0.6) is 0 Å². The summed E-state index contributed by atoms with van der Waals surface area (Å²) in [4.78, 5) is 3.38. The van der Waals surface area contributed by atoms with Gasteiger partial charge < -0.3 is 0 Å². The summed E-state index contributed by atoms with van der Waals surface area (Å²) in [5.41, 5.74) is 6.34. The van der Waals surface area contributed by atoms with Crippen LogP contribution in [0.1, 0.15) is 16.7 Å². The Morgan fingerprint density at radius 1 is 1.05 bits per heavy atom. The molecule has 88 valence electrons. The van der Waals surface area contributed by atoms with Gasteiger partial charge in [-0.25, -0.2) is 10.1 Å². The fraction of sp³-hybridized carbons (Fsp3) is 0.0588. The molecule has 0 amide bonds. The third-order valence-corrected chi connectivity index (χ3v) is 3.46. The molecule has 3 rings (SSSR count). The maximum atomic E-state index is 9.19. The highest BCUT2D eigenvalue weighted by Gasteiger charge is 2.26. The fourth-order valence-electron chi connectivity index (χ4n) is 2.69. The number of nitriles is 1. The molecule has 0 radical (unpaired) electrons. The molecule has 0 bridgehead atoms. The zero-order valence-corrected chi connectivity index (χ0v) is 10.4. The van der Waals surface area contributed by atoms with Crippen molar-refractivity contribution in [2.24, 2.45) is 0 Å². The van der Waals surface area contributed by atoms with Crippen molar-refractivity contribution in [1.82, 2.24) is 0 Å². The summed E-state index contributed by atoms with van der Waals surface area (Å²) >= 11 is 0. The second-order valence-electron chi connectivity index (χ2n) is 4.49. The third kappa shape index (κ3) is 1.48. The van der Waals surface area contributed by atoms with Crippen LogP contribution in [0.3, 0.4) is 0 Å². The van der Waals surface area contributed by atoms with E-state index in [4.69, 9.17) is 6.57 Å². The lowest BCUT2D eigenvalue weighted by molar-refractivity contribution is 1.46. The zero-order chi connectivity index (χ0) is 13.4. The summed E-state index contributed by atoms with van der Waals surface area (Å²) in [6, 6.07) is 16.0. The summed E-state index contributed by atoms with van der Waals surface area (Å²) in [5.74, 6) is 0. The van der Waals surface area contributed by atoms with E-state index in [0.29, 0.717) is 0 Å². The molecule has 0 fully saturated rings. The molecule has 0 spiro atoms. The fourth-order valence-corrected chi connectivity index (χ4v) is 2.69. The first kappa shape index (κ1) is 11.3. The Labute approximate surface area is 112 Å². The number of rotatable bonds is 0. The Balaban J connectivity index is 2.51. The minimum Gasteiger partial charge on any atom is -0.226 e. The van der Waals surface area contributed by atoms with E-state index in [2.05, 4.69) is 17.8 Å². The monoisotopic (exact) mass is 242 g/mol. The van der Waals surface area contributed by atoms with Gasteiger partial charge in [0.05, 0.1) is 12.6 Å². The quantitative estimate of drug-likeness (QED) is 0.429. The van der Waals surface area contributed by atoms with Gasteiger partial charge in [-0.15, -0.1) is 0 Å². The molecule has 2 heteroatoms. The number of benzene rings is 2. The van der Waals surface area contributed by atoms with Gasteiger partial charge in [0.15, 0.2) is 0 Å². The Morgan fingerprint density at radius 3 is 2.42 bits per heavy atom. The summed E-state index contributed by atoms with van der Waals surface area (Å²) < 4.78 is 0. The van der Waals surface area contributed by atoms with Gasteiger partial charge in [-0.3, -0.25) is 0 Å². The van der Waals surface area contributed by atoms with Gasteiger partial charge in [0, 0.05) is 5.57 Å². The average molecular weight is 242 g/mol. The van der Waals surface area contributed by atoms with Crippen LogP contribution in [0, 0.1) is 24.8 Å². The van der Waals surface area contributed by atoms with Crippen LogP contribution in [0.2, 0.25) is 0 Å². The second kappa shape index (κ2) is 4.12. The first-order chi connectivity index (χ1) is 9.27.